The molecule has 174 valence electrons. The molecule has 2 saturated heterocycles. The van der Waals surface area contributed by atoms with Gasteiger partial charge in [0.15, 0.2) is 6.10 Å². The Labute approximate surface area is 205 Å². The molecule has 2 amide bonds. The first-order valence-corrected chi connectivity index (χ1v) is 11.8. The molecule has 34 heavy (non-hydrogen) atoms. The molecule has 2 heterocycles. The van der Waals surface area contributed by atoms with E-state index in [0.29, 0.717) is 23.8 Å². The number of imide groups is 1. The zero-order valence-electron chi connectivity index (χ0n) is 18.7. The van der Waals surface area contributed by atoms with Crippen LogP contribution in [0.4, 0.5) is 11.4 Å². The smallest absolute Gasteiger partial charge is 0.266 e. The Hall–Kier alpha value is -3.36. The lowest BCUT2D eigenvalue weighted by atomic mass is 9.90. The van der Waals surface area contributed by atoms with Gasteiger partial charge in [0.05, 0.1) is 35.6 Å². The van der Waals surface area contributed by atoms with E-state index in [1.165, 1.54) is 4.90 Å². The molecule has 8 heteroatoms. The average Bonchev–Trinajstić information content (AvgIpc) is 3.36. The highest BCUT2D eigenvalue weighted by Crippen LogP contribution is 2.48. The molecule has 0 aliphatic carbocycles. The first-order valence-electron chi connectivity index (χ1n) is 11.0. The van der Waals surface area contributed by atoms with Crippen LogP contribution in [0.5, 0.6) is 11.5 Å². The van der Waals surface area contributed by atoms with Crippen LogP contribution in [0.1, 0.15) is 18.5 Å². The van der Waals surface area contributed by atoms with Crippen LogP contribution in [0.3, 0.4) is 0 Å². The summed E-state index contributed by atoms with van der Waals surface area (Å²) in [5, 5.41) is 1.67. The number of carbonyl (C=O) groups excluding carboxylic acids is 2. The third-order valence-corrected chi connectivity index (χ3v) is 6.65. The zero-order valence-corrected chi connectivity index (χ0v) is 20.3. The van der Waals surface area contributed by atoms with E-state index in [1.807, 2.05) is 55.5 Å². The van der Waals surface area contributed by atoms with E-state index in [0.717, 1.165) is 15.7 Å². The van der Waals surface area contributed by atoms with E-state index in [2.05, 4.69) is 15.9 Å². The third kappa shape index (κ3) is 3.73. The normalized spacial score (nSPS) is 21.7. The summed E-state index contributed by atoms with van der Waals surface area (Å²) < 4.78 is 11.7. The van der Waals surface area contributed by atoms with Crippen LogP contribution in [0.2, 0.25) is 0 Å². The van der Waals surface area contributed by atoms with Gasteiger partial charge in [-0.3, -0.25) is 14.4 Å². The van der Waals surface area contributed by atoms with Gasteiger partial charge in [-0.05, 0) is 64.8 Å². The van der Waals surface area contributed by atoms with E-state index < -0.39 is 18.1 Å². The number of methoxy groups -OCH3 is 1. The number of anilines is 2. The van der Waals surface area contributed by atoms with Gasteiger partial charge < -0.3 is 9.47 Å². The first-order chi connectivity index (χ1) is 16.5. The maximum Gasteiger partial charge on any atom is 0.266 e. The Morgan fingerprint density at radius 2 is 1.71 bits per heavy atom. The van der Waals surface area contributed by atoms with E-state index in [-0.39, 0.29) is 11.8 Å². The lowest BCUT2D eigenvalue weighted by molar-refractivity contribution is -0.126. The molecular formula is C26H23BrN2O5. The Bertz CT molecular complexity index is 1230. The van der Waals surface area contributed by atoms with Crippen LogP contribution in [-0.4, -0.2) is 31.6 Å². The number of carbonyl (C=O) groups is 2. The minimum absolute atomic E-state index is 0.306. The maximum atomic E-state index is 13.8. The number of fused-ring (bicyclic) bond motifs is 1. The molecular weight excluding hydrogens is 500 g/mol. The minimum atomic E-state index is -0.936. The van der Waals surface area contributed by atoms with Crippen LogP contribution in [0.15, 0.2) is 77.3 Å². The van der Waals surface area contributed by atoms with Gasteiger partial charge in [0, 0.05) is 6.07 Å². The van der Waals surface area contributed by atoms with Crippen molar-refractivity contribution in [2.75, 3.05) is 23.7 Å². The summed E-state index contributed by atoms with van der Waals surface area (Å²) >= 11 is 3.54. The molecule has 2 aliphatic rings. The molecule has 3 atom stereocenters. The fourth-order valence-electron chi connectivity index (χ4n) is 4.55. The highest BCUT2D eigenvalue weighted by Gasteiger charge is 2.60. The van der Waals surface area contributed by atoms with Crippen molar-refractivity contribution in [3.8, 4) is 11.5 Å². The highest BCUT2D eigenvalue weighted by molar-refractivity contribution is 9.10. The summed E-state index contributed by atoms with van der Waals surface area (Å²) in [4.78, 5) is 34.6. The summed E-state index contributed by atoms with van der Waals surface area (Å²) in [6, 6.07) is 21.6. The van der Waals surface area contributed by atoms with Crippen molar-refractivity contribution in [3.63, 3.8) is 0 Å². The SMILES string of the molecule is CCOc1cccc(N2C(=O)[C@@H]3[C@@H](ON(c4ccccc4)[C@H]3c3ccc(OC)c(Br)c3)C2=O)c1. The van der Waals surface area contributed by atoms with Crippen molar-refractivity contribution < 1.29 is 23.9 Å². The topological polar surface area (TPSA) is 68.3 Å². The number of halogens is 1. The predicted octanol–water partition coefficient (Wildman–Crippen LogP) is 4.91. The molecule has 2 aliphatic heterocycles. The second kappa shape index (κ2) is 9.12. The van der Waals surface area contributed by atoms with Crippen molar-refractivity contribution in [1.29, 1.82) is 0 Å². The Morgan fingerprint density at radius 1 is 0.941 bits per heavy atom. The van der Waals surface area contributed by atoms with Gasteiger partial charge in [-0.15, -0.1) is 0 Å². The predicted molar refractivity (Wildman–Crippen MR) is 131 cm³/mol. The molecule has 0 spiro atoms. The molecule has 0 saturated carbocycles. The summed E-state index contributed by atoms with van der Waals surface area (Å²) in [6.07, 6.45) is -0.936. The number of hydrogen-bond acceptors (Lipinski definition) is 6. The lowest BCUT2D eigenvalue weighted by Crippen LogP contribution is -2.37. The summed E-state index contributed by atoms with van der Waals surface area (Å²) in [6.45, 7) is 2.37. The van der Waals surface area contributed by atoms with Crippen molar-refractivity contribution in [3.05, 3.63) is 82.8 Å². The van der Waals surface area contributed by atoms with Crippen LogP contribution in [0.25, 0.3) is 0 Å². The van der Waals surface area contributed by atoms with Crippen LogP contribution in [-0.2, 0) is 14.4 Å². The molecule has 5 rings (SSSR count). The van der Waals surface area contributed by atoms with E-state index in [4.69, 9.17) is 14.3 Å². The van der Waals surface area contributed by atoms with Gasteiger partial charge in [-0.1, -0.05) is 30.3 Å². The highest BCUT2D eigenvalue weighted by atomic mass is 79.9. The quantitative estimate of drug-likeness (QED) is 0.428. The fourth-order valence-corrected chi connectivity index (χ4v) is 5.11. The summed E-state index contributed by atoms with van der Waals surface area (Å²) in [7, 11) is 1.60. The van der Waals surface area contributed by atoms with Crippen LogP contribution < -0.4 is 19.4 Å². The fraction of sp³-hybridized carbons (Fsp3) is 0.231. The number of hydroxylamine groups is 1. The lowest BCUT2D eigenvalue weighted by Gasteiger charge is -2.29. The van der Waals surface area contributed by atoms with Gasteiger partial charge in [-0.25, -0.2) is 9.96 Å². The van der Waals surface area contributed by atoms with Crippen molar-refractivity contribution in [2.45, 2.75) is 19.1 Å². The van der Waals surface area contributed by atoms with E-state index in [9.17, 15) is 9.59 Å². The molecule has 0 unspecified atom stereocenters. The molecule has 0 aromatic heterocycles. The van der Waals surface area contributed by atoms with Gasteiger partial charge in [0.25, 0.3) is 5.91 Å². The minimum Gasteiger partial charge on any atom is -0.496 e. The molecule has 2 fully saturated rings. The summed E-state index contributed by atoms with van der Waals surface area (Å²) in [5.41, 5.74) is 2.06. The number of amides is 2. The van der Waals surface area contributed by atoms with Gasteiger partial charge in [0.2, 0.25) is 5.91 Å². The van der Waals surface area contributed by atoms with Crippen LogP contribution >= 0.6 is 15.9 Å². The second-order valence-electron chi connectivity index (χ2n) is 7.99. The zero-order chi connectivity index (χ0) is 23.8. The van der Waals surface area contributed by atoms with Crippen molar-refractivity contribution in [1.82, 2.24) is 0 Å². The van der Waals surface area contributed by atoms with Crippen molar-refractivity contribution in [2.24, 2.45) is 5.92 Å². The monoisotopic (exact) mass is 522 g/mol. The van der Waals surface area contributed by atoms with E-state index in [1.54, 1.807) is 36.4 Å². The number of hydrogen-bond donors (Lipinski definition) is 0. The van der Waals surface area contributed by atoms with Gasteiger partial charge >= 0.3 is 0 Å². The van der Waals surface area contributed by atoms with Crippen molar-refractivity contribution >= 4 is 39.1 Å². The third-order valence-electron chi connectivity index (χ3n) is 6.03. The Balaban J connectivity index is 1.57. The summed E-state index contributed by atoms with van der Waals surface area (Å²) in [5.74, 6) is -0.142. The first kappa shape index (κ1) is 22.4. The number of nitrogens with zero attached hydrogens (tertiary/aromatic N) is 2. The number of para-hydroxylation sites is 1. The standard InChI is InChI=1S/C26H23BrN2O5/c1-3-33-19-11-7-10-18(15-19)28-25(30)22-23(16-12-13-21(32-2)20(27)14-16)29(34-24(22)26(28)31)17-8-5-4-6-9-17/h4-15,22-24H,3H2,1-2H3/t22-,23-,24+/m0/s1. The second-order valence-corrected chi connectivity index (χ2v) is 8.85. The average molecular weight is 523 g/mol. The molecule has 3 aromatic carbocycles. The number of ether oxygens (including phenoxy) is 2. The van der Waals surface area contributed by atoms with Crippen LogP contribution in [0, 0.1) is 5.92 Å². The number of rotatable bonds is 6. The van der Waals surface area contributed by atoms with Gasteiger partial charge in [0.1, 0.15) is 17.4 Å². The Kier molecular flexibility index (Phi) is 6.02. The largest absolute Gasteiger partial charge is 0.496 e. The molecule has 0 bridgehead atoms. The Morgan fingerprint density at radius 3 is 2.41 bits per heavy atom. The number of benzene rings is 3. The molecule has 0 N–H and O–H groups in total. The van der Waals surface area contributed by atoms with Gasteiger partial charge in [-0.2, -0.15) is 0 Å². The molecule has 0 radical (unpaired) electrons. The molecule has 7 nitrogen and oxygen atoms in total. The molecule has 3 aromatic rings. The maximum absolute atomic E-state index is 13.8. The van der Waals surface area contributed by atoms with E-state index >= 15 is 0 Å².